The molecule has 0 radical (unpaired) electrons. The molecule has 2 unspecified atom stereocenters. The summed E-state index contributed by atoms with van der Waals surface area (Å²) in [4.78, 5) is 22.7. The van der Waals surface area contributed by atoms with Crippen LogP contribution in [0.15, 0.2) is 11.8 Å². The Morgan fingerprint density at radius 2 is 2.10 bits per heavy atom. The fraction of sp³-hybridized carbons (Fsp3) is 0.714. The summed E-state index contributed by atoms with van der Waals surface area (Å²) in [5, 5.41) is 18.6. The second kappa shape index (κ2) is 7.28. The van der Waals surface area contributed by atoms with Gasteiger partial charge in [-0.2, -0.15) is 0 Å². The number of allylic oxidation sites excluding steroid dienone is 1. The highest BCUT2D eigenvalue weighted by Gasteiger charge is 2.49. The highest BCUT2D eigenvalue weighted by Crippen LogP contribution is 2.38. The van der Waals surface area contributed by atoms with Crippen LogP contribution in [0.1, 0.15) is 39.5 Å². The van der Waals surface area contributed by atoms with Crippen LogP contribution in [-0.2, 0) is 19.1 Å². The van der Waals surface area contributed by atoms with Crippen LogP contribution in [0, 0.1) is 5.41 Å². The van der Waals surface area contributed by atoms with Crippen molar-refractivity contribution in [2.45, 2.75) is 45.6 Å². The molecule has 0 amide bonds. The minimum atomic E-state index is -1.42. The van der Waals surface area contributed by atoms with E-state index in [2.05, 4.69) is 0 Å². The molecule has 0 aromatic rings. The van der Waals surface area contributed by atoms with E-state index in [0.29, 0.717) is 13.0 Å². The third kappa shape index (κ3) is 4.23. The van der Waals surface area contributed by atoms with E-state index in [-0.39, 0.29) is 13.0 Å². The van der Waals surface area contributed by atoms with Gasteiger partial charge in [-0.1, -0.05) is 0 Å². The third-order valence-electron chi connectivity index (χ3n) is 3.42. The zero-order chi connectivity index (χ0) is 15.2. The fourth-order valence-corrected chi connectivity index (χ4v) is 2.43. The molecule has 20 heavy (non-hydrogen) atoms. The van der Waals surface area contributed by atoms with Gasteiger partial charge in [-0.05, 0) is 32.3 Å². The van der Waals surface area contributed by atoms with E-state index < -0.39 is 29.9 Å². The summed E-state index contributed by atoms with van der Waals surface area (Å²) in [6.07, 6.45) is 1.97. The van der Waals surface area contributed by atoms with Crippen molar-refractivity contribution in [3.8, 4) is 0 Å². The Bertz CT molecular complexity index is 379. The Hall–Kier alpha value is -1.56. The maximum absolute atomic E-state index is 11.7. The number of ether oxygens (including phenoxy) is 2. The highest BCUT2D eigenvalue weighted by atomic mass is 16.5. The molecular formula is C14H22O6. The molecule has 0 aromatic carbocycles. The Kier molecular flexibility index (Phi) is 6.01. The van der Waals surface area contributed by atoms with Gasteiger partial charge in [0.15, 0.2) is 0 Å². The molecular weight excluding hydrogens is 264 g/mol. The lowest BCUT2D eigenvalue weighted by molar-refractivity contribution is -0.166. The highest BCUT2D eigenvalue weighted by molar-refractivity contribution is 5.82. The van der Waals surface area contributed by atoms with Gasteiger partial charge < -0.3 is 19.7 Å². The van der Waals surface area contributed by atoms with Crippen LogP contribution in [0.4, 0.5) is 0 Å². The molecule has 6 heteroatoms. The summed E-state index contributed by atoms with van der Waals surface area (Å²) < 4.78 is 10.7. The van der Waals surface area contributed by atoms with Crippen molar-refractivity contribution in [2.24, 2.45) is 5.41 Å². The number of carboxylic acids is 2. The van der Waals surface area contributed by atoms with Gasteiger partial charge in [-0.25, -0.2) is 0 Å². The zero-order valence-electron chi connectivity index (χ0n) is 11.9. The van der Waals surface area contributed by atoms with E-state index in [0.717, 1.165) is 12.0 Å². The summed E-state index contributed by atoms with van der Waals surface area (Å²) in [6, 6.07) is 0. The second-order valence-electron chi connectivity index (χ2n) is 5.35. The van der Waals surface area contributed by atoms with Gasteiger partial charge in [0, 0.05) is 13.0 Å². The SMILES string of the molecule is CC(C)=COCCC(CC(=O)O)(C(=O)O)C1CCCO1. The average Bonchev–Trinajstić information content (AvgIpc) is 2.86. The van der Waals surface area contributed by atoms with Gasteiger partial charge in [0.25, 0.3) is 0 Å². The summed E-state index contributed by atoms with van der Waals surface area (Å²) in [5.74, 6) is -2.27. The predicted molar refractivity (Wildman–Crippen MR) is 71.3 cm³/mol. The van der Waals surface area contributed by atoms with Crippen LogP contribution in [0.3, 0.4) is 0 Å². The molecule has 0 bridgehead atoms. The smallest absolute Gasteiger partial charge is 0.313 e. The minimum Gasteiger partial charge on any atom is -0.501 e. The lowest BCUT2D eigenvalue weighted by Crippen LogP contribution is -2.45. The number of aliphatic carboxylic acids is 2. The number of hydrogen-bond acceptors (Lipinski definition) is 4. The van der Waals surface area contributed by atoms with Crippen molar-refractivity contribution in [2.75, 3.05) is 13.2 Å². The first-order valence-electron chi connectivity index (χ1n) is 6.70. The lowest BCUT2D eigenvalue weighted by Gasteiger charge is -2.32. The molecule has 1 aliphatic heterocycles. The van der Waals surface area contributed by atoms with Gasteiger partial charge in [0.05, 0.1) is 25.4 Å². The summed E-state index contributed by atoms with van der Waals surface area (Å²) in [6.45, 7) is 4.36. The molecule has 0 aromatic heterocycles. The first kappa shape index (κ1) is 16.5. The minimum absolute atomic E-state index is 0.114. The second-order valence-corrected chi connectivity index (χ2v) is 5.35. The molecule has 2 N–H and O–H groups in total. The van der Waals surface area contributed by atoms with E-state index in [9.17, 15) is 14.7 Å². The van der Waals surface area contributed by atoms with Crippen LogP contribution >= 0.6 is 0 Å². The van der Waals surface area contributed by atoms with E-state index in [1.165, 1.54) is 0 Å². The Labute approximate surface area is 118 Å². The molecule has 1 fully saturated rings. The summed E-state index contributed by atoms with van der Waals surface area (Å²) >= 11 is 0. The van der Waals surface area contributed by atoms with Crippen molar-refractivity contribution in [3.63, 3.8) is 0 Å². The van der Waals surface area contributed by atoms with E-state index >= 15 is 0 Å². The van der Waals surface area contributed by atoms with Gasteiger partial charge in [0.1, 0.15) is 5.41 Å². The topological polar surface area (TPSA) is 93.1 Å². The molecule has 0 saturated carbocycles. The molecule has 1 saturated heterocycles. The fourth-order valence-electron chi connectivity index (χ4n) is 2.43. The van der Waals surface area contributed by atoms with Crippen molar-refractivity contribution in [1.82, 2.24) is 0 Å². The molecule has 6 nitrogen and oxygen atoms in total. The van der Waals surface area contributed by atoms with E-state index in [1.807, 2.05) is 13.8 Å². The van der Waals surface area contributed by atoms with Crippen LogP contribution in [0.25, 0.3) is 0 Å². The monoisotopic (exact) mass is 286 g/mol. The molecule has 1 aliphatic rings. The van der Waals surface area contributed by atoms with Crippen molar-refractivity contribution < 1.29 is 29.3 Å². The van der Waals surface area contributed by atoms with Crippen LogP contribution in [-0.4, -0.2) is 41.5 Å². The van der Waals surface area contributed by atoms with Gasteiger partial charge >= 0.3 is 11.9 Å². The molecule has 2 atom stereocenters. The van der Waals surface area contributed by atoms with E-state index in [4.69, 9.17) is 14.6 Å². The Morgan fingerprint density at radius 3 is 2.55 bits per heavy atom. The number of carbonyl (C=O) groups is 2. The molecule has 0 aliphatic carbocycles. The normalized spacial score (nSPS) is 21.0. The predicted octanol–water partition coefficient (Wildman–Crippen LogP) is 2.04. The molecule has 114 valence electrons. The zero-order valence-corrected chi connectivity index (χ0v) is 11.9. The van der Waals surface area contributed by atoms with Crippen molar-refractivity contribution in [3.05, 3.63) is 11.8 Å². The standard InChI is InChI=1S/C14H22O6/c1-10(2)9-19-7-5-14(13(17)18,8-12(15)16)11-4-3-6-20-11/h9,11H,3-8H2,1-2H3,(H,15,16)(H,17,18). The Balaban J connectivity index is 2.82. The van der Waals surface area contributed by atoms with E-state index in [1.54, 1.807) is 6.26 Å². The molecule has 0 spiro atoms. The maximum Gasteiger partial charge on any atom is 0.313 e. The van der Waals surface area contributed by atoms with Crippen LogP contribution in [0.2, 0.25) is 0 Å². The van der Waals surface area contributed by atoms with Gasteiger partial charge in [-0.15, -0.1) is 0 Å². The number of rotatable bonds is 8. The maximum atomic E-state index is 11.7. The first-order valence-corrected chi connectivity index (χ1v) is 6.70. The van der Waals surface area contributed by atoms with Crippen molar-refractivity contribution in [1.29, 1.82) is 0 Å². The van der Waals surface area contributed by atoms with Gasteiger partial charge in [0.2, 0.25) is 0 Å². The number of carboxylic acid groups (broad SMARTS) is 2. The molecule has 1 heterocycles. The summed E-state index contributed by atoms with van der Waals surface area (Å²) in [7, 11) is 0. The van der Waals surface area contributed by atoms with Gasteiger partial charge in [-0.3, -0.25) is 9.59 Å². The van der Waals surface area contributed by atoms with Crippen LogP contribution < -0.4 is 0 Å². The summed E-state index contributed by atoms with van der Waals surface area (Å²) in [5.41, 5.74) is -0.459. The van der Waals surface area contributed by atoms with Crippen molar-refractivity contribution >= 4 is 11.9 Å². The average molecular weight is 286 g/mol. The third-order valence-corrected chi connectivity index (χ3v) is 3.42. The van der Waals surface area contributed by atoms with Crippen LogP contribution in [0.5, 0.6) is 0 Å². The molecule has 1 rings (SSSR count). The Morgan fingerprint density at radius 1 is 1.40 bits per heavy atom. The quantitative estimate of drug-likeness (QED) is 0.524. The largest absolute Gasteiger partial charge is 0.501 e. The lowest BCUT2D eigenvalue weighted by atomic mass is 9.75. The number of hydrogen-bond donors (Lipinski definition) is 2. The first-order chi connectivity index (χ1) is 9.38.